The van der Waals surface area contributed by atoms with Gasteiger partial charge in [-0.25, -0.2) is 4.79 Å². The summed E-state index contributed by atoms with van der Waals surface area (Å²) < 4.78 is 13.0. The average Bonchev–Trinajstić information content (AvgIpc) is 3.21. The van der Waals surface area contributed by atoms with Crippen LogP contribution in [0.25, 0.3) is 22.2 Å². The lowest BCUT2D eigenvalue weighted by atomic mass is 9.96. The summed E-state index contributed by atoms with van der Waals surface area (Å²) in [5.74, 6) is -0.426. The Kier molecular flexibility index (Phi) is 6.70. The maximum atomic E-state index is 12.5. The molecule has 1 aromatic heterocycles. The third kappa shape index (κ3) is 4.44. The smallest absolute Gasteiger partial charge is 0.340 e. The maximum absolute atomic E-state index is 12.5. The molecule has 0 atom stereocenters. The van der Waals surface area contributed by atoms with Crippen molar-refractivity contribution in [3.05, 3.63) is 83.4 Å². The fourth-order valence-corrected chi connectivity index (χ4v) is 3.91. The van der Waals surface area contributed by atoms with Crippen LogP contribution in [-0.4, -0.2) is 29.2 Å². The fourth-order valence-electron chi connectivity index (χ4n) is 3.91. The predicted octanol–water partition coefficient (Wildman–Crippen LogP) is 5.59. The minimum atomic E-state index is -0.426. The highest BCUT2D eigenvalue weighted by molar-refractivity contribution is 6.02. The fraction of sp³-hybridized carbons (Fsp3) is 0.222. The van der Waals surface area contributed by atoms with Gasteiger partial charge in [0.15, 0.2) is 0 Å². The first-order valence-corrected chi connectivity index (χ1v) is 11.0. The Hall–Kier alpha value is -4.11. The van der Waals surface area contributed by atoms with Crippen molar-refractivity contribution in [2.24, 2.45) is 0 Å². The van der Waals surface area contributed by atoms with Gasteiger partial charge in [-0.2, -0.15) is 10.2 Å². The lowest BCUT2D eigenvalue weighted by Gasteiger charge is -2.15. The van der Waals surface area contributed by atoms with Gasteiger partial charge in [-0.1, -0.05) is 61.9 Å². The van der Waals surface area contributed by atoms with Crippen molar-refractivity contribution in [1.29, 1.82) is 5.26 Å². The molecule has 4 rings (SSSR count). The highest BCUT2D eigenvalue weighted by atomic mass is 16.5. The van der Waals surface area contributed by atoms with Gasteiger partial charge in [0.2, 0.25) is 0 Å². The second kappa shape index (κ2) is 10.0. The summed E-state index contributed by atoms with van der Waals surface area (Å²) in [6.07, 6.45) is 1.90. The molecule has 33 heavy (non-hydrogen) atoms. The largest absolute Gasteiger partial charge is 0.465 e. The zero-order chi connectivity index (χ0) is 23.2. The molecule has 0 aliphatic heterocycles. The third-order valence-electron chi connectivity index (χ3n) is 5.55. The van der Waals surface area contributed by atoms with Crippen molar-refractivity contribution in [2.45, 2.75) is 26.3 Å². The van der Waals surface area contributed by atoms with Crippen molar-refractivity contribution in [2.75, 3.05) is 13.7 Å². The highest BCUT2D eigenvalue weighted by Gasteiger charge is 2.21. The van der Waals surface area contributed by atoms with E-state index in [1.165, 1.54) is 7.11 Å². The molecule has 6 nitrogen and oxygen atoms in total. The zero-order valence-corrected chi connectivity index (χ0v) is 18.7. The number of rotatable bonds is 8. The monoisotopic (exact) mass is 439 g/mol. The molecule has 4 aromatic rings. The van der Waals surface area contributed by atoms with Crippen LogP contribution in [0.5, 0.6) is 6.01 Å². The van der Waals surface area contributed by atoms with Crippen LogP contribution < -0.4 is 4.74 Å². The van der Waals surface area contributed by atoms with E-state index in [0.29, 0.717) is 41.3 Å². The van der Waals surface area contributed by atoms with Crippen molar-refractivity contribution >= 4 is 17.0 Å². The summed E-state index contributed by atoms with van der Waals surface area (Å²) in [6, 6.07) is 23.6. The second-order valence-corrected chi connectivity index (χ2v) is 7.66. The lowest BCUT2D eigenvalue weighted by molar-refractivity contribution is 0.0602. The van der Waals surface area contributed by atoms with Gasteiger partial charge >= 0.3 is 5.97 Å². The van der Waals surface area contributed by atoms with Gasteiger partial charge in [-0.15, -0.1) is 0 Å². The number of nitriles is 1. The number of nitrogens with zero attached hydrogens (tertiary/aromatic N) is 3. The number of para-hydroxylation sites is 1. The lowest BCUT2D eigenvalue weighted by Crippen LogP contribution is -2.10. The van der Waals surface area contributed by atoms with Crippen LogP contribution in [0.4, 0.5) is 0 Å². The average molecular weight is 440 g/mol. The Morgan fingerprint density at radius 3 is 2.55 bits per heavy atom. The molecule has 6 heteroatoms. The molecule has 1 heterocycles. The number of unbranched alkanes of at least 4 members (excludes halogenated alkanes) is 1. The standard InChI is InChI=1S/C27H25N3O3/c1-3-4-16-33-27-29-24-15-9-14-23(26(31)32-2)25(24)30(27)18-20-11-6-8-13-22(20)21-12-7-5-10-19(21)17-28/h5-15H,3-4,16,18H2,1-2H3. The summed E-state index contributed by atoms with van der Waals surface area (Å²) in [5, 5.41) is 9.62. The molecule has 0 fully saturated rings. The summed E-state index contributed by atoms with van der Waals surface area (Å²) in [5.41, 5.74) is 5.17. The molecule has 0 saturated carbocycles. The van der Waals surface area contributed by atoms with E-state index in [0.717, 1.165) is 29.5 Å². The molecule has 0 saturated heterocycles. The third-order valence-corrected chi connectivity index (χ3v) is 5.55. The Balaban J connectivity index is 1.88. The first kappa shape index (κ1) is 22.1. The van der Waals surface area contributed by atoms with Crippen molar-refractivity contribution in [3.8, 4) is 23.2 Å². The predicted molar refractivity (Wildman–Crippen MR) is 127 cm³/mol. The quantitative estimate of drug-likeness (QED) is 0.264. The van der Waals surface area contributed by atoms with Crippen LogP contribution in [0.2, 0.25) is 0 Å². The molecule has 0 amide bonds. The molecule has 0 unspecified atom stereocenters. The molecule has 0 aliphatic rings. The van der Waals surface area contributed by atoms with Crippen molar-refractivity contribution in [3.63, 3.8) is 0 Å². The van der Waals surface area contributed by atoms with Gasteiger partial charge in [0, 0.05) is 0 Å². The van der Waals surface area contributed by atoms with E-state index in [1.807, 2.05) is 59.2 Å². The van der Waals surface area contributed by atoms with E-state index < -0.39 is 5.97 Å². The molecule has 0 bridgehead atoms. The number of methoxy groups -OCH3 is 1. The highest BCUT2D eigenvalue weighted by Crippen LogP contribution is 2.31. The first-order valence-electron chi connectivity index (χ1n) is 11.0. The van der Waals surface area contributed by atoms with E-state index in [-0.39, 0.29) is 0 Å². The zero-order valence-electron chi connectivity index (χ0n) is 18.7. The Labute approximate surface area is 193 Å². The minimum absolute atomic E-state index is 0.419. The van der Waals surface area contributed by atoms with E-state index in [9.17, 15) is 10.1 Å². The Morgan fingerprint density at radius 1 is 1.03 bits per heavy atom. The van der Waals surface area contributed by atoms with Crippen molar-refractivity contribution in [1.82, 2.24) is 9.55 Å². The van der Waals surface area contributed by atoms with Crippen LogP contribution in [0.1, 0.15) is 41.3 Å². The molecular formula is C27H25N3O3. The molecule has 0 aliphatic carbocycles. The number of fused-ring (bicyclic) bond motifs is 1. The van der Waals surface area contributed by atoms with Gasteiger partial charge < -0.3 is 9.47 Å². The van der Waals surface area contributed by atoms with E-state index in [1.54, 1.807) is 12.1 Å². The molecular weight excluding hydrogens is 414 g/mol. The van der Waals surface area contributed by atoms with Crippen LogP contribution in [-0.2, 0) is 11.3 Å². The van der Waals surface area contributed by atoms with Gasteiger partial charge in [0.1, 0.15) is 0 Å². The molecule has 166 valence electrons. The van der Waals surface area contributed by atoms with Crippen LogP contribution in [0, 0.1) is 11.3 Å². The van der Waals surface area contributed by atoms with Gasteiger partial charge in [-0.05, 0) is 41.3 Å². The number of imidazole rings is 1. The SMILES string of the molecule is CCCCOc1nc2cccc(C(=O)OC)c2n1Cc1ccccc1-c1ccccc1C#N. The van der Waals surface area contributed by atoms with E-state index >= 15 is 0 Å². The Morgan fingerprint density at radius 2 is 1.79 bits per heavy atom. The summed E-state index contributed by atoms with van der Waals surface area (Å²) in [6.45, 7) is 3.05. The number of hydrogen-bond donors (Lipinski definition) is 0. The molecule has 0 radical (unpaired) electrons. The molecule has 3 aromatic carbocycles. The topological polar surface area (TPSA) is 77.1 Å². The van der Waals surface area contributed by atoms with Gasteiger partial charge in [-0.3, -0.25) is 4.57 Å². The molecule has 0 N–H and O–H groups in total. The normalized spacial score (nSPS) is 10.7. The van der Waals surface area contributed by atoms with Gasteiger partial charge in [0.25, 0.3) is 6.01 Å². The number of hydrogen-bond acceptors (Lipinski definition) is 5. The number of benzene rings is 3. The number of ether oxygens (including phenoxy) is 2. The number of carbonyl (C=O) groups is 1. The van der Waals surface area contributed by atoms with Crippen LogP contribution in [0.15, 0.2) is 66.7 Å². The Bertz CT molecular complexity index is 1330. The van der Waals surface area contributed by atoms with Crippen molar-refractivity contribution < 1.29 is 14.3 Å². The number of carbonyl (C=O) groups excluding carboxylic acids is 1. The maximum Gasteiger partial charge on any atom is 0.340 e. The second-order valence-electron chi connectivity index (χ2n) is 7.66. The van der Waals surface area contributed by atoms with Gasteiger partial charge in [0.05, 0.1) is 48.5 Å². The van der Waals surface area contributed by atoms with Crippen LogP contribution in [0.3, 0.4) is 0 Å². The van der Waals surface area contributed by atoms with E-state index in [2.05, 4.69) is 18.0 Å². The first-order chi connectivity index (χ1) is 16.2. The molecule has 0 spiro atoms. The minimum Gasteiger partial charge on any atom is -0.465 e. The summed E-state index contributed by atoms with van der Waals surface area (Å²) >= 11 is 0. The van der Waals surface area contributed by atoms with E-state index in [4.69, 9.17) is 9.47 Å². The summed E-state index contributed by atoms with van der Waals surface area (Å²) in [7, 11) is 1.37. The summed E-state index contributed by atoms with van der Waals surface area (Å²) in [4.78, 5) is 17.2. The number of aromatic nitrogens is 2. The van der Waals surface area contributed by atoms with Crippen LogP contribution >= 0.6 is 0 Å². The number of esters is 1.